The molecule has 0 aliphatic carbocycles. The zero-order valence-corrected chi connectivity index (χ0v) is 13.3. The Kier molecular flexibility index (Phi) is 3.43. The van der Waals surface area contributed by atoms with Crippen molar-refractivity contribution < 1.29 is 10.2 Å². The third-order valence-electron chi connectivity index (χ3n) is 4.12. The Labute approximate surface area is 142 Å². The number of H-pyrrole nitrogens is 1. The average Bonchev–Trinajstić information content (AvgIpc) is 3.22. The normalized spacial score (nSPS) is 12.5. The molecule has 0 radical (unpaired) electrons. The number of rotatable bonds is 3. The molecule has 1 unspecified atom stereocenters. The molecule has 0 aliphatic rings. The minimum Gasteiger partial charge on any atom is -0.504 e. The molecule has 3 N–H and O–H groups in total. The summed E-state index contributed by atoms with van der Waals surface area (Å²) in [5, 5.41) is 21.1. The smallest absolute Gasteiger partial charge is 0.157 e. The highest BCUT2D eigenvalue weighted by Gasteiger charge is 2.22. The minimum atomic E-state index is -0.243. The van der Waals surface area contributed by atoms with E-state index in [0.717, 1.165) is 22.0 Å². The van der Waals surface area contributed by atoms with Gasteiger partial charge in [-0.3, -0.25) is 0 Å². The molecule has 0 amide bonds. The predicted octanol–water partition coefficient (Wildman–Crippen LogP) is 4.07. The Bertz CT molecular complexity index is 1010. The number of benzene rings is 2. The van der Waals surface area contributed by atoms with Gasteiger partial charge in [-0.2, -0.15) is 0 Å². The summed E-state index contributed by atoms with van der Waals surface area (Å²) < 4.78 is 1.93. The van der Waals surface area contributed by atoms with E-state index < -0.39 is 0 Å². The van der Waals surface area contributed by atoms with Crippen LogP contribution in [0.4, 0.5) is 0 Å². The molecule has 0 aliphatic heterocycles. The van der Waals surface area contributed by atoms with Crippen LogP contribution in [0.25, 0.3) is 10.9 Å². The summed E-state index contributed by atoms with van der Waals surface area (Å²) in [4.78, 5) is 7.37. The van der Waals surface area contributed by atoms with Gasteiger partial charge in [0, 0.05) is 35.1 Å². The molecule has 5 nitrogen and oxygen atoms in total. The van der Waals surface area contributed by atoms with E-state index in [4.69, 9.17) is 11.6 Å². The van der Waals surface area contributed by atoms with Gasteiger partial charge in [0.1, 0.15) is 0 Å². The second-order valence-electron chi connectivity index (χ2n) is 5.57. The monoisotopic (exact) mass is 339 g/mol. The number of hydrogen-bond acceptors (Lipinski definition) is 3. The van der Waals surface area contributed by atoms with Gasteiger partial charge >= 0.3 is 0 Å². The highest BCUT2D eigenvalue weighted by molar-refractivity contribution is 6.35. The maximum absolute atomic E-state index is 9.90. The molecule has 1 atom stereocenters. The van der Waals surface area contributed by atoms with Crippen LogP contribution in [0.15, 0.2) is 61.3 Å². The van der Waals surface area contributed by atoms with Crippen molar-refractivity contribution in [3.8, 4) is 11.5 Å². The first-order valence-corrected chi connectivity index (χ1v) is 7.78. The second-order valence-corrected chi connectivity index (χ2v) is 5.97. The molecule has 2 aromatic carbocycles. The lowest BCUT2D eigenvalue weighted by Gasteiger charge is -2.19. The van der Waals surface area contributed by atoms with E-state index in [2.05, 4.69) is 9.97 Å². The highest BCUT2D eigenvalue weighted by Crippen LogP contribution is 2.38. The standard InChI is InChI=1S/C18H14ClN3O2/c19-13-2-1-3-14-17(13)12(9-21-14)18(22-7-6-20-10-22)11-4-5-15(23)16(24)8-11/h1-10,18,21,23-24H. The third-order valence-corrected chi connectivity index (χ3v) is 4.43. The molecule has 6 heteroatoms. The molecule has 0 bridgehead atoms. The molecule has 2 aromatic heterocycles. The third kappa shape index (κ3) is 2.30. The molecule has 0 spiro atoms. The van der Waals surface area contributed by atoms with Gasteiger partial charge in [-0.1, -0.05) is 23.7 Å². The van der Waals surface area contributed by atoms with Crippen molar-refractivity contribution in [1.82, 2.24) is 14.5 Å². The van der Waals surface area contributed by atoms with Gasteiger partial charge in [0.05, 0.1) is 17.4 Å². The molecule has 0 saturated carbocycles. The van der Waals surface area contributed by atoms with Crippen LogP contribution >= 0.6 is 11.6 Å². The van der Waals surface area contributed by atoms with Crippen molar-refractivity contribution >= 4 is 22.5 Å². The number of phenolic OH excluding ortho intramolecular Hbond substituents is 2. The van der Waals surface area contributed by atoms with Gasteiger partial charge in [0.2, 0.25) is 0 Å². The number of imidazole rings is 1. The van der Waals surface area contributed by atoms with Gasteiger partial charge in [-0.05, 0) is 29.8 Å². The lowest BCUT2D eigenvalue weighted by atomic mass is 9.97. The van der Waals surface area contributed by atoms with Gasteiger partial charge in [-0.15, -0.1) is 0 Å². The maximum atomic E-state index is 9.90. The molecular formula is C18H14ClN3O2. The van der Waals surface area contributed by atoms with Gasteiger partial charge < -0.3 is 19.8 Å². The highest BCUT2D eigenvalue weighted by atomic mass is 35.5. The summed E-state index contributed by atoms with van der Waals surface area (Å²) in [5.74, 6) is -0.316. The lowest BCUT2D eigenvalue weighted by Crippen LogP contribution is -2.10. The number of fused-ring (bicyclic) bond motifs is 1. The summed E-state index contributed by atoms with van der Waals surface area (Å²) in [5.41, 5.74) is 2.70. The molecule has 0 fully saturated rings. The molecule has 120 valence electrons. The second kappa shape index (κ2) is 5.62. The summed E-state index contributed by atoms with van der Waals surface area (Å²) >= 11 is 6.42. The zero-order chi connectivity index (χ0) is 16.7. The van der Waals surface area contributed by atoms with E-state index in [-0.39, 0.29) is 17.5 Å². The average molecular weight is 340 g/mol. The first-order valence-electron chi connectivity index (χ1n) is 7.40. The Morgan fingerprint density at radius 3 is 2.75 bits per heavy atom. The largest absolute Gasteiger partial charge is 0.504 e. The number of halogens is 1. The molecule has 4 aromatic rings. The van der Waals surface area contributed by atoms with E-state index >= 15 is 0 Å². The maximum Gasteiger partial charge on any atom is 0.157 e. The fourth-order valence-electron chi connectivity index (χ4n) is 3.03. The fraction of sp³-hybridized carbons (Fsp3) is 0.0556. The summed E-state index contributed by atoms with van der Waals surface area (Å²) in [6.07, 6.45) is 7.17. The Morgan fingerprint density at radius 2 is 2.00 bits per heavy atom. The number of aromatic nitrogens is 3. The number of nitrogens with one attached hydrogen (secondary N) is 1. The van der Waals surface area contributed by atoms with Crippen LogP contribution in [-0.4, -0.2) is 24.7 Å². The fourth-order valence-corrected chi connectivity index (χ4v) is 3.31. The SMILES string of the molecule is Oc1ccc(C(c2c[nH]c3cccc(Cl)c23)n2ccnc2)cc1O. The summed E-state index contributed by atoms with van der Waals surface area (Å²) in [6.45, 7) is 0. The number of aromatic hydroxyl groups is 2. The first-order chi connectivity index (χ1) is 11.6. The Morgan fingerprint density at radius 1 is 1.12 bits per heavy atom. The first kappa shape index (κ1) is 14.7. The van der Waals surface area contributed by atoms with Crippen LogP contribution in [0.5, 0.6) is 11.5 Å². The van der Waals surface area contributed by atoms with Gasteiger partial charge in [-0.25, -0.2) is 4.98 Å². The Balaban J connectivity index is 1.98. The van der Waals surface area contributed by atoms with Crippen molar-refractivity contribution in [3.63, 3.8) is 0 Å². The summed E-state index contributed by atoms with van der Waals surface area (Å²) in [6, 6.07) is 10.3. The topological polar surface area (TPSA) is 74.1 Å². The molecular weight excluding hydrogens is 326 g/mol. The number of hydrogen-bond donors (Lipinski definition) is 3. The lowest BCUT2D eigenvalue weighted by molar-refractivity contribution is 0.402. The van der Waals surface area contributed by atoms with Crippen LogP contribution in [0.1, 0.15) is 17.2 Å². The van der Waals surface area contributed by atoms with E-state index in [1.807, 2.05) is 35.2 Å². The quantitative estimate of drug-likeness (QED) is 0.493. The van der Waals surface area contributed by atoms with E-state index in [9.17, 15) is 10.2 Å². The van der Waals surface area contributed by atoms with Crippen LogP contribution < -0.4 is 0 Å². The van der Waals surface area contributed by atoms with E-state index in [1.165, 1.54) is 6.07 Å². The van der Waals surface area contributed by atoms with Crippen LogP contribution in [0.2, 0.25) is 5.02 Å². The molecule has 24 heavy (non-hydrogen) atoms. The van der Waals surface area contributed by atoms with Crippen molar-refractivity contribution in [2.24, 2.45) is 0 Å². The molecule has 4 rings (SSSR count). The van der Waals surface area contributed by atoms with Crippen LogP contribution in [0.3, 0.4) is 0 Å². The minimum absolute atomic E-state index is 0.153. The van der Waals surface area contributed by atoms with E-state index in [1.54, 1.807) is 24.7 Å². The number of aromatic amines is 1. The molecule has 0 saturated heterocycles. The predicted molar refractivity (Wildman–Crippen MR) is 92.5 cm³/mol. The van der Waals surface area contributed by atoms with Crippen LogP contribution in [-0.2, 0) is 0 Å². The summed E-state index contributed by atoms with van der Waals surface area (Å²) in [7, 11) is 0. The zero-order valence-electron chi connectivity index (χ0n) is 12.5. The molecule has 2 heterocycles. The van der Waals surface area contributed by atoms with E-state index in [0.29, 0.717) is 5.02 Å². The number of nitrogens with zero attached hydrogens (tertiary/aromatic N) is 2. The van der Waals surface area contributed by atoms with Crippen molar-refractivity contribution in [1.29, 1.82) is 0 Å². The van der Waals surface area contributed by atoms with Gasteiger partial charge in [0.25, 0.3) is 0 Å². The number of phenols is 2. The van der Waals surface area contributed by atoms with Gasteiger partial charge in [0.15, 0.2) is 11.5 Å². The van der Waals surface area contributed by atoms with Crippen LogP contribution in [0, 0.1) is 0 Å². The van der Waals surface area contributed by atoms with Crippen molar-refractivity contribution in [3.05, 3.63) is 77.5 Å². The van der Waals surface area contributed by atoms with Crippen molar-refractivity contribution in [2.45, 2.75) is 6.04 Å². The Hall–Kier alpha value is -2.92. The van der Waals surface area contributed by atoms with Crippen molar-refractivity contribution in [2.75, 3.05) is 0 Å².